The monoisotopic (exact) mass is 446 g/mol. The van der Waals surface area contributed by atoms with E-state index in [0.717, 1.165) is 17.7 Å². The van der Waals surface area contributed by atoms with Crippen molar-refractivity contribution in [3.8, 4) is 0 Å². The van der Waals surface area contributed by atoms with Crippen LogP contribution in [-0.4, -0.2) is 32.8 Å². The summed E-state index contributed by atoms with van der Waals surface area (Å²) in [5, 5.41) is 5.13. The molecule has 2 aromatic rings. The lowest BCUT2D eigenvalue weighted by atomic mass is 9.92. The van der Waals surface area contributed by atoms with Crippen LogP contribution in [0, 0.1) is 19.7 Å². The van der Waals surface area contributed by atoms with Crippen LogP contribution < -0.4 is 10.6 Å². The first-order valence-electron chi connectivity index (χ1n) is 9.66. The molecule has 1 atom stereocenters. The number of hydrogen-bond donors (Lipinski definition) is 2. The molecule has 7 nitrogen and oxygen atoms in total. The number of amides is 2. The minimum absolute atomic E-state index is 0.0122. The Labute approximate surface area is 180 Å². The molecule has 2 N–H and O–H groups in total. The van der Waals surface area contributed by atoms with Crippen molar-refractivity contribution in [3.63, 3.8) is 0 Å². The number of hydrogen-bond acceptors (Lipinski definition) is 5. The minimum atomic E-state index is -3.99. The first-order chi connectivity index (χ1) is 14.6. The summed E-state index contributed by atoms with van der Waals surface area (Å²) < 4.78 is 44.8. The smallest absolute Gasteiger partial charge is 0.338 e. The van der Waals surface area contributed by atoms with Crippen LogP contribution in [0.25, 0.3) is 0 Å². The van der Waals surface area contributed by atoms with Crippen molar-refractivity contribution in [2.75, 3.05) is 12.4 Å². The largest absolute Gasteiger partial charge is 0.463 e. The van der Waals surface area contributed by atoms with Crippen molar-refractivity contribution in [2.24, 2.45) is 0 Å². The summed E-state index contributed by atoms with van der Waals surface area (Å²) in [6.07, 6.45) is 0. The van der Waals surface area contributed by atoms with Gasteiger partial charge in [0.2, 0.25) is 0 Å². The second kappa shape index (κ2) is 8.89. The lowest BCUT2D eigenvalue weighted by Gasteiger charge is -2.30. The van der Waals surface area contributed by atoms with Gasteiger partial charge in [-0.15, -0.1) is 0 Å². The molecule has 164 valence electrons. The van der Waals surface area contributed by atoms with Crippen molar-refractivity contribution in [1.82, 2.24) is 10.6 Å². The molecule has 0 aliphatic carbocycles. The van der Waals surface area contributed by atoms with Gasteiger partial charge in [0, 0.05) is 5.70 Å². The third-order valence-electron chi connectivity index (χ3n) is 4.97. The van der Waals surface area contributed by atoms with Crippen LogP contribution in [0.2, 0.25) is 0 Å². The van der Waals surface area contributed by atoms with E-state index in [1.54, 1.807) is 19.1 Å². The predicted octanol–water partition coefficient (Wildman–Crippen LogP) is 3.09. The third kappa shape index (κ3) is 4.77. The molecule has 31 heavy (non-hydrogen) atoms. The van der Waals surface area contributed by atoms with Crippen molar-refractivity contribution < 1.29 is 27.1 Å². The van der Waals surface area contributed by atoms with E-state index in [4.69, 9.17) is 4.74 Å². The molecule has 1 aliphatic heterocycles. The molecule has 2 aromatic carbocycles. The summed E-state index contributed by atoms with van der Waals surface area (Å²) in [4.78, 5) is 25.1. The molecule has 1 aliphatic rings. The van der Waals surface area contributed by atoms with Gasteiger partial charge in [0.15, 0.2) is 9.84 Å². The van der Waals surface area contributed by atoms with Gasteiger partial charge in [-0.2, -0.15) is 0 Å². The van der Waals surface area contributed by atoms with Crippen molar-refractivity contribution >= 4 is 21.8 Å². The number of nitrogens with one attached hydrogen (secondary N) is 2. The average Bonchev–Trinajstić information content (AvgIpc) is 2.69. The highest BCUT2D eigenvalue weighted by atomic mass is 32.2. The lowest BCUT2D eigenvalue weighted by molar-refractivity contribution is -0.139. The molecular weight excluding hydrogens is 423 g/mol. The van der Waals surface area contributed by atoms with Crippen LogP contribution in [0.4, 0.5) is 9.18 Å². The van der Waals surface area contributed by atoms with Crippen LogP contribution in [-0.2, 0) is 19.4 Å². The molecule has 0 saturated carbocycles. The van der Waals surface area contributed by atoms with E-state index in [9.17, 15) is 22.4 Å². The minimum Gasteiger partial charge on any atom is -0.463 e. The van der Waals surface area contributed by atoms with E-state index in [2.05, 4.69) is 10.6 Å². The number of rotatable bonds is 6. The molecule has 1 unspecified atom stereocenters. The number of carbonyl (C=O) groups is 2. The summed E-state index contributed by atoms with van der Waals surface area (Å²) in [5.41, 5.74) is 1.57. The second-order valence-corrected chi connectivity index (χ2v) is 9.16. The summed E-state index contributed by atoms with van der Waals surface area (Å²) in [7, 11) is -3.99. The zero-order valence-corrected chi connectivity index (χ0v) is 18.2. The standard InChI is InChI=1S/C22H23FN2O5S/c1-4-30-21(26)19-18(12-31(28,29)15-9-10-17(23)14(3)11-15)24-22(27)25-20(19)16-8-6-5-7-13(16)2/h5-11,20H,4,12H2,1-3H3,(H2,24,25,27). The summed E-state index contributed by atoms with van der Waals surface area (Å²) in [6.45, 7) is 4.99. The topological polar surface area (TPSA) is 102 Å². The molecule has 0 spiro atoms. The fraction of sp³-hybridized carbons (Fsp3) is 0.273. The fourth-order valence-corrected chi connectivity index (χ4v) is 4.82. The molecule has 1 heterocycles. The highest BCUT2D eigenvalue weighted by Crippen LogP contribution is 2.31. The summed E-state index contributed by atoms with van der Waals surface area (Å²) in [6, 6.07) is 9.08. The van der Waals surface area contributed by atoms with Gasteiger partial charge < -0.3 is 15.4 Å². The quantitative estimate of drug-likeness (QED) is 0.525. The van der Waals surface area contributed by atoms with Gasteiger partial charge in [-0.3, -0.25) is 0 Å². The number of benzene rings is 2. The van der Waals surface area contributed by atoms with Crippen LogP contribution in [0.1, 0.15) is 29.7 Å². The Kier molecular flexibility index (Phi) is 6.45. The highest BCUT2D eigenvalue weighted by molar-refractivity contribution is 7.91. The first-order valence-corrected chi connectivity index (χ1v) is 11.3. The molecule has 3 rings (SSSR count). The Morgan fingerprint density at radius 2 is 1.84 bits per heavy atom. The van der Waals surface area contributed by atoms with Crippen molar-refractivity contribution in [3.05, 3.63) is 76.2 Å². The van der Waals surface area contributed by atoms with Gasteiger partial charge in [-0.05, 0) is 55.7 Å². The van der Waals surface area contributed by atoms with Crippen LogP contribution in [0.3, 0.4) is 0 Å². The van der Waals surface area contributed by atoms with E-state index in [1.807, 2.05) is 19.1 Å². The number of halogens is 1. The Morgan fingerprint density at radius 3 is 2.48 bits per heavy atom. The van der Waals surface area contributed by atoms with E-state index in [-0.39, 0.29) is 28.3 Å². The normalized spacial score (nSPS) is 16.5. The maximum Gasteiger partial charge on any atom is 0.338 e. The van der Waals surface area contributed by atoms with Crippen molar-refractivity contribution in [2.45, 2.75) is 31.7 Å². The van der Waals surface area contributed by atoms with Gasteiger partial charge in [0.1, 0.15) is 5.82 Å². The molecule has 0 bridgehead atoms. The van der Waals surface area contributed by atoms with E-state index in [1.165, 1.54) is 13.0 Å². The number of carbonyl (C=O) groups excluding carboxylic acids is 2. The molecule has 0 fully saturated rings. The van der Waals surface area contributed by atoms with Gasteiger partial charge in [-0.25, -0.2) is 22.4 Å². The second-order valence-electron chi connectivity index (χ2n) is 7.17. The molecule has 2 amide bonds. The van der Waals surface area contributed by atoms with Gasteiger partial charge in [-0.1, -0.05) is 24.3 Å². The van der Waals surface area contributed by atoms with Crippen LogP contribution >= 0.6 is 0 Å². The number of aryl methyl sites for hydroxylation is 2. The SMILES string of the molecule is CCOC(=O)C1=C(CS(=O)(=O)c2ccc(F)c(C)c2)NC(=O)NC1c1ccccc1C. The van der Waals surface area contributed by atoms with E-state index >= 15 is 0 Å². The maximum atomic E-state index is 13.6. The van der Waals surface area contributed by atoms with E-state index in [0.29, 0.717) is 5.56 Å². The average molecular weight is 447 g/mol. The Hall–Kier alpha value is -3.20. The Balaban J connectivity index is 2.13. The zero-order chi connectivity index (χ0) is 22.8. The summed E-state index contributed by atoms with van der Waals surface area (Å²) in [5.74, 6) is -1.91. The van der Waals surface area contributed by atoms with E-state index < -0.39 is 39.4 Å². The van der Waals surface area contributed by atoms with Crippen LogP contribution in [0.15, 0.2) is 58.6 Å². The summed E-state index contributed by atoms with van der Waals surface area (Å²) >= 11 is 0. The Morgan fingerprint density at radius 1 is 1.13 bits per heavy atom. The highest BCUT2D eigenvalue weighted by Gasteiger charge is 2.36. The number of urea groups is 1. The fourth-order valence-electron chi connectivity index (χ4n) is 3.41. The van der Waals surface area contributed by atoms with Crippen LogP contribution in [0.5, 0.6) is 0 Å². The third-order valence-corrected chi connectivity index (χ3v) is 6.61. The predicted molar refractivity (Wildman–Crippen MR) is 112 cm³/mol. The lowest BCUT2D eigenvalue weighted by Crippen LogP contribution is -2.47. The molecule has 0 radical (unpaired) electrons. The molecular formula is C22H23FN2O5S. The van der Waals surface area contributed by atoms with Crippen molar-refractivity contribution in [1.29, 1.82) is 0 Å². The molecule has 9 heteroatoms. The van der Waals surface area contributed by atoms with Gasteiger partial charge in [0.25, 0.3) is 0 Å². The zero-order valence-electron chi connectivity index (χ0n) is 17.4. The Bertz CT molecular complexity index is 1170. The number of ether oxygens (including phenoxy) is 1. The van der Waals surface area contributed by atoms with Gasteiger partial charge >= 0.3 is 12.0 Å². The van der Waals surface area contributed by atoms with Gasteiger partial charge in [0.05, 0.1) is 28.9 Å². The molecule has 0 aromatic heterocycles. The molecule has 0 saturated heterocycles. The number of esters is 1. The first kappa shape index (κ1) is 22.5. The number of sulfone groups is 1. The maximum absolute atomic E-state index is 13.6.